The van der Waals surface area contributed by atoms with Gasteiger partial charge in [-0.1, -0.05) is 18.0 Å². The van der Waals surface area contributed by atoms with Crippen molar-refractivity contribution < 1.29 is 9.90 Å². The number of benzene rings is 1. The molecular weight excluding hydrogens is 330 g/mol. The van der Waals surface area contributed by atoms with Crippen LogP contribution in [0.4, 0.5) is 5.69 Å². The summed E-state index contributed by atoms with van der Waals surface area (Å²) in [5.74, 6) is -0.775. The van der Waals surface area contributed by atoms with E-state index in [2.05, 4.69) is 9.98 Å². The van der Waals surface area contributed by atoms with Crippen LogP contribution in [0.15, 0.2) is 22.1 Å². The monoisotopic (exact) mass is 349 g/mol. The SMILES string of the molecule is Cc1cc(Cl)cc(C(=O)O)c1N1C(N)=NC(N)=NC12CCCCC2. The van der Waals surface area contributed by atoms with Crippen LogP contribution >= 0.6 is 11.6 Å². The summed E-state index contributed by atoms with van der Waals surface area (Å²) >= 11 is 6.05. The number of hydrogen-bond acceptors (Lipinski definition) is 6. The van der Waals surface area contributed by atoms with Crippen molar-refractivity contribution in [2.24, 2.45) is 21.5 Å². The first kappa shape index (κ1) is 16.6. The molecular formula is C16H20ClN5O2. The third-order valence-corrected chi connectivity index (χ3v) is 4.79. The third-order valence-electron chi connectivity index (χ3n) is 4.57. The van der Waals surface area contributed by atoms with Crippen LogP contribution in [0.3, 0.4) is 0 Å². The van der Waals surface area contributed by atoms with Crippen LogP contribution in [-0.2, 0) is 0 Å². The molecule has 0 amide bonds. The topological polar surface area (TPSA) is 117 Å². The zero-order valence-electron chi connectivity index (χ0n) is 13.4. The van der Waals surface area contributed by atoms with Gasteiger partial charge in [0.1, 0.15) is 5.66 Å². The summed E-state index contributed by atoms with van der Waals surface area (Å²) in [7, 11) is 0. The lowest BCUT2D eigenvalue weighted by Gasteiger charge is -2.46. The molecule has 0 aromatic heterocycles. The molecule has 1 fully saturated rings. The van der Waals surface area contributed by atoms with Gasteiger partial charge in [0.05, 0.1) is 11.3 Å². The maximum atomic E-state index is 11.8. The molecule has 1 aromatic carbocycles. The molecule has 0 atom stereocenters. The van der Waals surface area contributed by atoms with Crippen molar-refractivity contribution in [3.63, 3.8) is 0 Å². The smallest absolute Gasteiger partial charge is 0.337 e. The lowest BCUT2D eigenvalue weighted by atomic mass is 9.86. The summed E-state index contributed by atoms with van der Waals surface area (Å²) in [6.45, 7) is 1.80. The largest absolute Gasteiger partial charge is 0.478 e. The average Bonchev–Trinajstić information content (AvgIpc) is 2.48. The molecule has 1 spiro atoms. The standard InChI is InChI=1S/C16H20ClN5O2/c1-9-7-10(17)8-11(13(23)24)12(9)22-15(19)20-14(18)21-16(22)5-3-2-4-6-16/h7-8H,2-6H2,1H3,(H,23,24)(H4,18,19,20,21). The van der Waals surface area contributed by atoms with Gasteiger partial charge in [-0.05, 0) is 50.3 Å². The number of carboxylic acid groups (broad SMARTS) is 1. The van der Waals surface area contributed by atoms with Gasteiger partial charge in [-0.2, -0.15) is 4.99 Å². The maximum Gasteiger partial charge on any atom is 0.337 e. The number of anilines is 1. The second kappa shape index (κ2) is 5.98. The van der Waals surface area contributed by atoms with Gasteiger partial charge in [0.15, 0.2) is 0 Å². The van der Waals surface area contributed by atoms with Crippen LogP contribution in [0, 0.1) is 6.92 Å². The third kappa shape index (κ3) is 2.69. The quantitative estimate of drug-likeness (QED) is 0.758. The molecule has 1 aliphatic heterocycles. The lowest BCUT2D eigenvalue weighted by Crippen LogP contribution is -2.58. The van der Waals surface area contributed by atoms with Crippen molar-refractivity contribution in [2.45, 2.75) is 44.7 Å². The molecule has 2 aliphatic rings. The molecule has 1 aliphatic carbocycles. The molecule has 0 unspecified atom stereocenters. The molecule has 128 valence electrons. The molecule has 24 heavy (non-hydrogen) atoms. The number of aromatic carboxylic acids is 1. The van der Waals surface area contributed by atoms with Crippen molar-refractivity contribution in [1.82, 2.24) is 0 Å². The second-order valence-corrected chi connectivity index (χ2v) is 6.68. The summed E-state index contributed by atoms with van der Waals surface area (Å²) in [6, 6.07) is 3.15. The van der Waals surface area contributed by atoms with E-state index >= 15 is 0 Å². The fourth-order valence-corrected chi connectivity index (χ4v) is 3.91. The maximum absolute atomic E-state index is 11.8. The predicted molar refractivity (Wildman–Crippen MR) is 94.7 cm³/mol. The Balaban J connectivity index is 2.23. The van der Waals surface area contributed by atoms with E-state index < -0.39 is 11.6 Å². The molecule has 1 heterocycles. The van der Waals surface area contributed by atoms with Gasteiger partial charge in [0.25, 0.3) is 0 Å². The van der Waals surface area contributed by atoms with E-state index in [1.807, 2.05) is 0 Å². The number of hydrogen-bond donors (Lipinski definition) is 3. The Morgan fingerprint density at radius 1 is 1.29 bits per heavy atom. The summed E-state index contributed by atoms with van der Waals surface area (Å²) in [4.78, 5) is 22.2. The van der Waals surface area contributed by atoms with Gasteiger partial charge in [0.2, 0.25) is 11.9 Å². The van der Waals surface area contributed by atoms with Gasteiger partial charge in [-0.3, -0.25) is 4.90 Å². The van der Waals surface area contributed by atoms with Gasteiger partial charge in [-0.25, -0.2) is 9.79 Å². The number of aryl methyl sites for hydroxylation is 1. The zero-order chi connectivity index (χ0) is 17.5. The van der Waals surface area contributed by atoms with Crippen LogP contribution in [0.5, 0.6) is 0 Å². The number of carbonyl (C=O) groups is 1. The Morgan fingerprint density at radius 3 is 2.58 bits per heavy atom. The van der Waals surface area contributed by atoms with Crippen LogP contribution < -0.4 is 16.4 Å². The molecule has 5 N–H and O–H groups in total. The van der Waals surface area contributed by atoms with E-state index in [9.17, 15) is 9.90 Å². The van der Waals surface area contributed by atoms with Crippen LogP contribution in [-0.4, -0.2) is 28.7 Å². The molecule has 3 rings (SSSR count). The normalized spacial score (nSPS) is 19.8. The van der Waals surface area contributed by atoms with E-state index in [0.717, 1.165) is 32.1 Å². The highest BCUT2D eigenvalue weighted by Crippen LogP contribution is 2.42. The second-order valence-electron chi connectivity index (χ2n) is 6.24. The molecule has 0 saturated heterocycles. The van der Waals surface area contributed by atoms with Crippen molar-refractivity contribution >= 4 is 35.2 Å². The number of aliphatic imine (C=N–C) groups is 2. The fourth-order valence-electron chi connectivity index (χ4n) is 3.64. The highest BCUT2D eigenvalue weighted by Gasteiger charge is 2.44. The molecule has 0 radical (unpaired) electrons. The highest BCUT2D eigenvalue weighted by atomic mass is 35.5. The summed E-state index contributed by atoms with van der Waals surface area (Å²) < 4.78 is 0. The van der Waals surface area contributed by atoms with Crippen molar-refractivity contribution in [3.05, 3.63) is 28.3 Å². The molecule has 1 saturated carbocycles. The molecule has 8 heteroatoms. The van der Waals surface area contributed by atoms with E-state index in [-0.39, 0.29) is 17.5 Å². The number of nitrogens with two attached hydrogens (primary N) is 2. The van der Waals surface area contributed by atoms with E-state index in [4.69, 9.17) is 23.1 Å². The minimum atomic E-state index is -1.07. The van der Waals surface area contributed by atoms with Crippen LogP contribution in [0.25, 0.3) is 0 Å². The van der Waals surface area contributed by atoms with E-state index in [1.54, 1.807) is 17.9 Å². The first-order valence-corrected chi connectivity index (χ1v) is 8.25. The minimum Gasteiger partial charge on any atom is -0.478 e. The first-order chi connectivity index (χ1) is 11.3. The van der Waals surface area contributed by atoms with Gasteiger partial charge in [0, 0.05) is 5.02 Å². The molecule has 0 bridgehead atoms. The summed E-state index contributed by atoms with van der Waals surface area (Å²) in [5, 5.41) is 10.0. The van der Waals surface area contributed by atoms with Crippen molar-refractivity contribution in [1.29, 1.82) is 0 Å². The average molecular weight is 350 g/mol. The number of carboxylic acids is 1. The highest BCUT2D eigenvalue weighted by molar-refractivity contribution is 6.31. The number of halogens is 1. The van der Waals surface area contributed by atoms with E-state index in [1.165, 1.54) is 6.07 Å². The Morgan fingerprint density at radius 2 is 1.96 bits per heavy atom. The number of guanidine groups is 2. The predicted octanol–water partition coefficient (Wildman–Crippen LogP) is 2.46. The molecule has 7 nitrogen and oxygen atoms in total. The van der Waals surface area contributed by atoms with Gasteiger partial charge in [-0.15, -0.1) is 0 Å². The number of rotatable bonds is 2. The Bertz CT molecular complexity index is 753. The Hall–Kier alpha value is -2.28. The Labute approximate surface area is 145 Å². The minimum absolute atomic E-state index is 0.0822. The fraction of sp³-hybridized carbons (Fsp3) is 0.438. The van der Waals surface area contributed by atoms with Gasteiger partial charge >= 0.3 is 5.97 Å². The van der Waals surface area contributed by atoms with Crippen LogP contribution in [0.1, 0.15) is 48.0 Å². The molecule has 1 aromatic rings. The first-order valence-electron chi connectivity index (χ1n) is 7.87. The van der Waals surface area contributed by atoms with Gasteiger partial charge < -0.3 is 16.6 Å². The Kier molecular flexibility index (Phi) is 4.13. The number of nitrogens with zero attached hydrogens (tertiary/aromatic N) is 3. The van der Waals surface area contributed by atoms with E-state index in [0.29, 0.717) is 16.3 Å². The summed E-state index contributed by atoms with van der Waals surface area (Å²) in [6.07, 6.45) is 4.52. The van der Waals surface area contributed by atoms with Crippen LogP contribution in [0.2, 0.25) is 5.02 Å². The lowest BCUT2D eigenvalue weighted by molar-refractivity contribution is 0.0697. The van der Waals surface area contributed by atoms with Crippen molar-refractivity contribution in [2.75, 3.05) is 4.90 Å². The summed E-state index contributed by atoms with van der Waals surface area (Å²) in [5.41, 5.74) is 12.6. The van der Waals surface area contributed by atoms with Crippen molar-refractivity contribution in [3.8, 4) is 0 Å². The zero-order valence-corrected chi connectivity index (χ0v) is 14.2.